The number of carbonyl (C=O) groups excluding carboxylic acids is 3. The number of carbonyl (C=O) groups is 3. The third-order valence-corrected chi connectivity index (χ3v) is 19.3. The molecule has 568 valence electrons. The quantitative estimate of drug-likeness (QED) is 0.0713. The Morgan fingerprint density at radius 2 is 0.819 bits per heavy atom. The van der Waals surface area contributed by atoms with Crippen molar-refractivity contribution in [1.82, 2.24) is 20.0 Å². The molecule has 8 aromatic carbocycles. The molecule has 6 N–H and O–H groups in total. The molecule has 0 radical (unpaired) electrons. The van der Waals surface area contributed by atoms with E-state index in [-0.39, 0.29) is 36.6 Å². The van der Waals surface area contributed by atoms with E-state index in [1.54, 1.807) is 39.8 Å². The Labute approximate surface area is 634 Å². The highest BCUT2D eigenvalue weighted by atomic mass is 79.9. The molecule has 3 saturated heterocycles. The van der Waals surface area contributed by atoms with Crippen molar-refractivity contribution in [2.24, 2.45) is 0 Å². The molecular weight excluding hydrogens is 1390 g/mol. The van der Waals surface area contributed by atoms with Crippen LogP contribution in [-0.2, 0) is 23.5 Å². The van der Waals surface area contributed by atoms with Crippen molar-refractivity contribution >= 4 is 90.0 Å². The van der Waals surface area contributed by atoms with Gasteiger partial charge >= 0.3 is 25.4 Å². The lowest BCUT2D eigenvalue weighted by atomic mass is 9.75. The molecule has 5 heterocycles. The summed E-state index contributed by atoms with van der Waals surface area (Å²) in [7, 11) is 0.686. The van der Waals surface area contributed by atoms with E-state index in [0.29, 0.717) is 81.0 Å². The lowest BCUT2D eigenvalue weighted by Crippen LogP contribution is -2.41. The second kappa shape index (κ2) is 38.8. The predicted octanol–water partition coefficient (Wildman–Crippen LogP) is 20.4. The third kappa shape index (κ3) is 23.8. The maximum atomic E-state index is 12.2. The third-order valence-electron chi connectivity index (χ3n) is 18.6. The van der Waals surface area contributed by atoms with Crippen LogP contribution in [0.15, 0.2) is 168 Å². The number of rotatable bonds is 4. The fourth-order valence-corrected chi connectivity index (χ4v) is 13.2. The van der Waals surface area contributed by atoms with E-state index in [2.05, 4.69) is 45.5 Å². The normalized spacial score (nSPS) is 16.6. The van der Waals surface area contributed by atoms with Crippen LogP contribution in [0.4, 0.5) is 14.4 Å². The predicted molar refractivity (Wildman–Crippen MR) is 433 cm³/mol. The summed E-state index contributed by atoms with van der Waals surface area (Å²) in [6.45, 7) is 37.3. The molecule has 5 aliphatic heterocycles. The molecule has 0 spiro atoms. The van der Waals surface area contributed by atoms with Crippen molar-refractivity contribution in [3.05, 3.63) is 184 Å². The number of nitrogens with one attached hydrogen (secondary N) is 1. The molecule has 17 nitrogen and oxygen atoms in total. The van der Waals surface area contributed by atoms with Gasteiger partial charge in [0.25, 0.3) is 0 Å². The van der Waals surface area contributed by atoms with Crippen LogP contribution in [0.2, 0.25) is 0 Å². The van der Waals surface area contributed by atoms with Gasteiger partial charge in [-0.05, 0) is 233 Å². The molecule has 0 saturated carbocycles. The average molecular weight is 1510 g/mol. The van der Waals surface area contributed by atoms with Crippen molar-refractivity contribution < 1.29 is 64.8 Å². The summed E-state index contributed by atoms with van der Waals surface area (Å²) in [6, 6.07) is 46.6. The Morgan fingerprint density at radius 3 is 1.21 bits per heavy atom. The molecule has 3 fully saturated rings. The van der Waals surface area contributed by atoms with Crippen molar-refractivity contribution in [2.75, 3.05) is 59.5 Å². The largest absolute Gasteiger partial charge is 0.507 e. The number of nitrogens with zero attached hydrogens (tertiary/aromatic N) is 3. The molecule has 0 aromatic heterocycles. The monoisotopic (exact) mass is 1500 g/mol. The van der Waals surface area contributed by atoms with Crippen LogP contribution in [0.25, 0.3) is 48.7 Å². The number of fused-ring (bicyclic) bond motifs is 4. The number of hydrogen-bond donors (Lipinski definition) is 6. The number of amides is 3. The highest BCUT2D eigenvalue weighted by molar-refractivity contribution is 9.10. The maximum absolute atomic E-state index is 12.2. The number of piperidine rings is 2. The first kappa shape index (κ1) is 83.9. The van der Waals surface area contributed by atoms with Gasteiger partial charge in [0, 0.05) is 73.8 Å². The molecular formula is C86H116BBrN4O13. The number of aliphatic hydroxyl groups excluding tert-OH is 1. The van der Waals surface area contributed by atoms with Crippen molar-refractivity contribution in [3.63, 3.8) is 0 Å². The average Bonchev–Trinajstić information content (AvgIpc) is 1.60. The molecule has 0 unspecified atom stereocenters. The summed E-state index contributed by atoms with van der Waals surface area (Å²) >= 11 is 3.42. The molecule has 8 aromatic rings. The van der Waals surface area contributed by atoms with Gasteiger partial charge in [-0.1, -0.05) is 171 Å². The highest BCUT2D eigenvalue weighted by Gasteiger charge is 2.52. The number of likely N-dealkylation sites (tertiary alicyclic amines) is 1. The van der Waals surface area contributed by atoms with Crippen LogP contribution in [-0.4, -0.2) is 153 Å². The SMILES string of the molecule is CC.CC(C)(C)OC(=O)N1CC=C(B2OC(C)(C)C(C)(C)O2)CC1.CC(C)(C)OC(=O)N1CC=C(c2ccc(O)c3ccccc23)CC1.CC(C)(C)OC(=O)N1CCC(c2ccc(O)c3ccccc23)CC1.CO.Oc1ccc(Br)c2ccccc12.Oc1ccc(C2CCNCC2)c2ccccc12.[2H]CC. The Kier molecular flexibility index (Phi) is 31.0. The van der Waals surface area contributed by atoms with Gasteiger partial charge in [-0.3, -0.25) is 0 Å². The van der Waals surface area contributed by atoms with Gasteiger partial charge in [0.1, 0.15) is 39.8 Å². The minimum Gasteiger partial charge on any atom is -0.507 e. The Morgan fingerprint density at radius 1 is 0.476 bits per heavy atom. The number of hydrogen-bond acceptors (Lipinski definition) is 14. The van der Waals surface area contributed by atoms with Crippen LogP contribution < -0.4 is 5.32 Å². The standard InChI is InChI=1S/C20H25NO3.C20H23NO3.C16H28BNO4.C15H17NO.C10H7BrO.2C2H6.CH4O/c2*1-20(2,3)24-19(23)21-12-10-14(11-13-21)15-8-9-18(22)17-7-5-4-6-16(15)17;1-14(2,3)20-13(19)18-10-8-12(9-11-18)17-21-15(4,5)16(6,7)22-17;17-15-6-5-12(11-7-9-16-10-8-11)13-3-1-2-4-14(13)15;11-9-5-6-10(12)8-4-2-1-3-7(8)9;3*1-2/h4-9,14,22H,10-13H2,1-3H3;4-10,22H,11-13H2,1-3H3;8H,9-11H2,1-7H3;1-6,11,16-17H,7-10H2;1-6,12H;2*1-2H3;2H,1H3/i;;;;;1D;;. The van der Waals surface area contributed by atoms with Gasteiger partial charge in [0.05, 0.1) is 11.2 Å². The zero-order valence-electron chi connectivity index (χ0n) is 66.1. The molecule has 105 heavy (non-hydrogen) atoms. The smallest absolute Gasteiger partial charge is 0.490 e. The summed E-state index contributed by atoms with van der Waals surface area (Å²) in [5, 5.41) is 57.8. The van der Waals surface area contributed by atoms with Gasteiger partial charge in [0.15, 0.2) is 0 Å². The molecule has 0 atom stereocenters. The summed E-state index contributed by atoms with van der Waals surface area (Å²) in [5.41, 5.74) is 4.01. The molecule has 0 aliphatic carbocycles. The molecule has 19 heteroatoms. The Balaban J connectivity index is 0.000000206. The second-order valence-electron chi connectivity index (χ2n) is 29.9. The Hall–Kier alpha value is -8.33. The van der Waals surface area contributed by atoms with E-state index in [1.807, 2.05) is 219 Å². The fourth-order valence-electron chi connectivity index (χ4n) is 12.8. The Bertz CT molecular complexity index is 4190. The summed E-state index contributed by atoms with van der Waals surface area (Å²) < 4.78 is 35.6. The number of phenolic OH excluding ortho intramolecular Hbond substituents is 4. The highest BCUT2D eigenvalue weighted by Crippen LogP contribution is 2.42. The lowest BCUT2D eigenvalue weighted by Gasteiger charge is -2.34. The van der Waals surface area contributed by atoms with E-state index in [9.17, 15) is 34.8 Å². The topological polar surface area (TPSA) is 220 Å². The molecule has 13 rings (SSSR count). The minimum absolute atomic E-state index is 0.225. The molecule has 5 aliphatic rings. The summed E-state index contributed by atoms with van der Waals surface area (Å²) in [6.07, 6.45) is 9.05. The zero-order chi connectivity index (χ0) is 78.3. The summed E-state index contributed by atoms with van der Waals surface area (Å²) in [5.74, 6) is 2.35. The fraction of sp³-hybridized carbons (Fsp3) is 0.453. The van der Waals surface area contributed by atoms with Crippen molar-refractivity contribution in [2.45, 2.75) is 196 Å². The maximum Gasteiger partial charge on any atom is 0.490 e. The first-order valence-electron chi connectivity index (χ1n) is 37.5. The van der Waals surface area contributed by atoms with Gasteiger partial charge in [-0.25, -0.2) is 14.4 Å². The first-order chi connectivity index (χ1) is 50.2. The van der Waals surface area contributed by atoms with Crippen LogP contribution in [0.3, 0.4) is 0 Å². The van der Waals surface area contributed by atoms with E-state index in [0.717, 1.165) is 99.1 Å². The summed E-state index contributed by atoms with van der Waals surface area (Å²) in [4.78, 5) is 41.6. The van der Waals surface area contributed by atoms with Gasteiger partial charge < -0.3 is 69.1 Å². The van der Waals surface area contributed by atoms with E-state index in [1.165, 1.54) is 34.9 Å². The van der Waals surface area contributed by atoms with Crippen LogP contribution in [0.5, 0.6) is 23.0 Å². The van der Waals surface area contributed by atoms with E-state index < -0.39 is 16.8 Å². The van der Waals surface area contributed by atoms with Crippen molar-refractivity contribution in [3.8, 4) is 23.0 Å². The van der Waals surface area contributed by atoms with Crippen molar-refractivity contribution in [1.29, 1.82) is 0 Å². The second-order valence-corrected chi connectivity index (χ2v) is 30.8. The number of aliphatic hydroxyl groups is 1. The number of aromatic hydroxyl groups is 4. The van der Waals surface area contributed by atoms with Gasteiger partial charge in [0.2, 0.25) is 0 Å². The van der Waals surface area contributed by atoms with Crippen LogP contribution in [0.1, 0.15) is 186 Å². The zero-order valence-corrected chi connectivity index (χ0v) is 66.7. The lowest BCUT2D eigenvalue weighted by molar-refractivity contribution is 0.00578. The van der Waals surface area contributed by atoms with Gasteiger partial charge in [-0.2, -0.15) is 0 Å². The molecule has 3 amide bonds. The van der Waals surface area contributed by atoms with Gasteiger partial charge in [-0.15, -0.1) is 0 Å². The number of ether oxygens (including phenoxy) is 3. The number of benzene rings is 8. The minimum atomic E-state index is -0.478. The number of halogens is 1. The number of phenols is 4. The van der Waals surface area contributed by atoms with Crippen LogP contribution >= 0.6 is 15.9 Å². The van der Waals surface area contributed by atoms with E-state index >= 15 is 0 Å². The van der Waals surface area contributed by atoms with Crippen LogP contribution in [0, 0.1) is 0 Å². The molecule has 0 bridgehead atoms. The van der Waals surface area contributed by atoms with E-state index in [4.69, 9.17) is 30.0 Å². The first-order valence-corrected chi connectivity index (χ1v) is 37.6.